The Morgan fingerprint density at radius 1 is 0.906 bits per heavy atom. The summed E-state index contributed by atoms with van der Waals surface area (Å²) in [4.78, 5) is 25.5. The maximum Gasteiger partial charge on any atom is 0.224 e. The normalized spacial score (nSPS) is 13.7. The Morgan fingerprint density at radius 2 is 1.59 bits per heavy atom. The molecule has 1 aliphatic rings. The first-order valence-electron chi connectivity index (χ1n) is 11.3. The number of pyridine rings is 1. The number of rotatable bonds is 8. The van der Waals surface area contributed by atoms with E-state index in [-0.39, 0.29) is 5.91 Å². The van der Waals surface area contributed by atoms with Crippen LogP contribution in [0.5, 0.6) is 0 Å². The number of hydrogen-bond donors (Lipinski definition) is 3. The molecule has 0 unspecified atom stereocenters. The number of carbonyl (C=O) groups excluding carboxylic acids is 1. The minimum atomic E-state index is 0.0875. The van der Waals surface area contributed by atoms with Gasteiger partial charge in [0.15, 0.2) is 0 Å². The molecule has 7 nitrogen and oxygen atoms in total. The highest BCUT2D eigenvalue weighted by Gasteiger charge is 2.16. The molecule has 1 aliphatic carbocycles. The molecule has 1 aromatic carbocycles. The van der Waals surface area contributed by atoms with Crippen molar-refractivity contribution in [2.45, 2.75) is 52.4 Å². The molecule has 1 saturated carbocycles. The van der Waals surface area contributed by atoms with E-state index >= 15 is 0 Å². The molecule has 2 aromatic heterocycles. The molecular weight excluding hydrogens is 400 g/mol. The standard InChI is InChI=1S/C25H30N6O/c1-17-13-14-26-22(15-17)31-24-16-23(27-18(2)28-24)29-20-8-10-21(11-9-20)30-25(32)12-7-19-5-3-4-6-19/h8-11,13-16,19H,3-7,12H2,1-2H3,(H,30,32)(H2,26,27,28,29,31). The lowest BCUT2D eigenvalue weighted by Gasteiger charge is -2.11. The zero-order chi connectivity index (χ0) is 22.3. The van der Waals surface area contributed by atoms with Gasteiger partial charge in [0.05, 0.1) is 0 Å². The van der Waals surface area contributed by atoms with Crippen molar-refractivity contribution >= 4 is 34.7 Å². The molecule has 166 valence electrons. The highest BCUT2D eigenvalue weighted by Crippen LogP contribution is 2.28. The summed E-state index contributed by atoms with van der Waals surface area (Å²) in [6.07, 6.45) is 8.52. The minimum absolute atomic E-state index is 0.0875. The summed E-state index contributed by atoms with van der Waals surface area (Å²) < 4.78 is 0. The molecule has 0 bridgehead atoms. The number of aromatic nitrogens is 3. The van der Waals surface area contributed by atoms with Crippen molar-refractivity contribution in [3.05, 3.63) is 60.0 Å². The second-order valence-corrected chi connectivity index (χ2v) is 8.47. The van der Waals surface area contributed by atoms with Gasteiger partial charge in [-0.25, -0.2) is 15.0 Å². The molecule has 1 amide bonds. The summed E-state index contributed by atoms with van der Waals surface area (Å²) in [6, 6.07) is 13.4. The van der Waals surface area contributed by atoms with Crippen molar-refractivity contribution in [2.75, 3.05) is 16.0 Å². The van der Waals surface area contributed by atoms with E-state index in [1.807, 2.05) is 56.3 Å². The quantitative estimate of drug-likeness (QED) is 0.413. The van der Waals surface area contributed by atoms with Gasteiger partial charge in [0.2, 0.25) is 5.91 Å². The van der Waals surface area contributed by atoms with Crippen LogP contribution in [0.4, 0.5) is 28.8 Å². The van der Waals surface area contributed by atoms with Crippen molar-refractivity contribution in [1.82, 2.24) is 15.0 Å². The average molecular weight is 431 g/mol. The molecule has 3 N–H and O–H groups in total. The fourth-order valence-electron chi connectivity index (χ4n) is 4.07. The van der Waals surface area contributed by atoms with Crippen LogP contribution in [0.25, 0.3) is 0 Å². The Bertz CT molecular complexity index is 1060. The molecule has 3 aromatic rings. The molecular formula is C25H30N6O. The molecule has 0 saturated heterocycles. The summed E-state index contributed by atoms with van der Waals surface area (Å²) in [7, 11) is 0. The van der Waals surface area contributed by atoms with Gasteiger partial charge in [0.25, 0.3) is 0 Å². The third-order valence-corrected chi connectivity index (χ3v) is 5.70. The molecule has 32 heavy (non-hydrogen) atoms. The molecule has 0 spiro atoms. The van der Waals surface area contributed by atoms with Crippen LogP contribution in [0.1, 0.15) is 49.9 Å². The van der Waals surface area contributed by atoms with E-state index in [1.54, 1.807) is 6.20 Å². The largest absolute Gasteiger partial charge is 0.340 e. The van der Waals surface area contributed by atoms with Gasteiger partial charge in [0.1, 0.15) is 23.3 Å². The summed E-state index contributed by atoms with van der Waals surface area (Å²) in [5, 5.41) is 9.52. The van der Waals surface area contributed by atoms with Crippen molar-refractivity contribution in [1.29, 1.82) is 0 Å². The molecule has 1 fully saturated rings. The van der Waals surface area contributed by atoms with Crippen molar-refractivity contribution < 1.29 is 4.79 Å². The Balaban J connectivity index is 1.34. The summed E-state index contributed by atoms with van der Waals surface area (Å²) in [6.45, 7) is 3.87. The maximum absolute atomic E-state index is 12.2. The van der Waals surface area contributed by atoms with Gasteiger partial charge >= 0.3 is 0 Å². The number of aryl methyl sites for hydroxylation is 2. The van der Waals surface area contributed by atoms with Crippen LogP contribution >= 0.6 is 0 Å². The van der Waals surface area contributed by atoms with Gasteiger partial charge in [-0.2, -0.15) is 0 Å². The number of benzene rings is 1. The number of amides is 1. The van der Waals surface area contributed by atoms with E-state index in [1.165, 1.54) is 25.7 Å². The molecule has 0 aliphatic heterocycles. The number of anilines is 5. The van der Waals surface area contributed by atoms with Crippen LogP contribution in [-0.2, 0) is 4.79 Å². The second-order valence-electron chi connectivity index (χ2n) is 8.47. The molecule has 0 radical (unpaired) electrons. The summed E-state index contributed by atoms with van der Waals surface area (Å²) in [5.74, 6) is 3.55. The van der Waals surface area contributed by atoms with Crippen molar-refractivity contribution in [3.8, 4) is 0 Å². The lowest BCUT2D eigenvalue weighted by atomic mass is 10.0. The lowest BCUT2D eigenvalue weighted by Crippen LogP contribution is -2.12. The number of nitrogens with zero attached hydrogens (tertiary/aromatic N) is 3. The molecule has 4 rings (SSSR count). The van der Waals surface area contributed by atoms with Gasteiger partial charge < -0.3 is 16.0 Å². The molecule has 7 heteroatoms. The fraction of sp³-hybridized carbons (Fsp3) is 0.360. The molecule has 2 heterocycles. The lowest BCUT2D eigenvalue weighted by molar-refractivity contribution is -0.116. The van der Waals surface area contributed by atoms with Gasteiger partial charge in [-0.3, -0.25) is 4.79 Å². The van der Waals surface area contributed by atoms with E-state index in [9.17, 15) is 4.79 Å². The molecule has 0 atom stereocenters. The monoisotopic (exact) mass is 430 g/mol. The predicted octanol–water partition coefficient (Wildman–Crippen LogP) is 5.88. The van der Waals surface area contributed by atoms with Crippen LogP contribution in [0.2, 0.25) is 0 Å². The average Bonchev–Trinajstić information content (AvgIpc) is 3.27. The van der Waals surface area contributed by atoms with Crippen LogP contribution in [0.15, 0.2) is 48.7 Å². The third kappa shape index (κ3) is 6.26. The Hall–Kier alpha value is -3.48. The van der Waals surface area contributed by atoms with Gasteiger partial charge in [0, 0.05) is 30.1 Å². The first-order valence-corrected chi connectivity index (χ1v) is 11.3. The van der Waals surface area contributed by atoms with E-state index < -0.39 is 0 Å². The zero-order valence-electron chi connectivity index (χ0n) is 18.7. The number of hydrogen-bond acceptors (Lipinski definition) is 6. The zero-order valence-corrected chi connectivity index (χ0v) is 18.7. The Kier molecular flexibility index (Phi) is 6.94. The van der Waals surface area contributed by atoms with Gasteiger partial charge in [-0.15, -0.1) is 0 Å². The van der Waals surface area contributed by atoms with Gasteiger partial charge in [-0.1, -0.05) is 25.7 Å². The summed E-state index contributed by atoms with van der Waals surface area (Å²) in [5.41, 5.74) is 2.81. The van der Waals surface area contributed by atoms with E-state index in [0.717, 1.165) is 35.1 Å². The Morgan fingerprint density at radius 3 is 2.31 bits per heavy atom. The topological polar surface area (TPSA) is 91.8 Å². The van der Waals surface area contributed by atoms with Crippen LogP contribution < -0.4 is 16.0 Å². The third-order valence-electron chi connectivity index (χ3n) is 5.70. The van der Waals surface area contributed by atoms with Crippen molar-refractivity contribution in [2.24, 2.45) is 5.92 Å². The highest BCUT2D eigenvalue weighted by atomic mass is 16.1. The Labute approximate surface area is 189 Å². The highest BCUT2D eigenvalue weighted by molar-refractivity contribution is 5.90. The van der Waals surface area contributed by atoms with Crippen molar-refractivity contribution in [3.63, 3.8) is 0 Å². The second kappa shape index (κ2) is 10.2. The smallest absolute Gasteiger partial charge is 0.224 e. The first kappa shape index (κ1) is 21.7. The number of nitrogens with one attached hydrogen (secondary N) is 3. The first-order chi connectivity index (χ1) is 15.5. The minimum Gasteiger partial charge on any atom is -0.340 e. The van der Waals surface area contributed by atoms with E-state index in [4.69, 9.17) is 0 Å². The van der Waals surface area contributed by atoms with E-state index in [0.29, 0.717) is 23.9 Å². The SMILES string of the molecule is Cc1ccnc(Nc2cc(Nc3ccc(NC(=O)CCC4CCCC4)cc3)nc(C)n2)c1. The fourth-order valence-corrected chi connectivity index (χ4v) is 4.07. The number of carbonyl (C=O) groups is 1. The predicted molar refractivity (Wildman–Crippen MR) is 129 cm³/mol. The van der Waals surface area contributed by atoms with E-state index in [2.05, 4.69) is 30.9 Å². The summed E-state index contributed by atoms with van der Waals surface area (Å²) >= 11 is 0. The van der Waals surface area contributed by atoms with Crippen LogP contribution in [0.3, 0.4) is 0 Å². The van der Waals surface area contributed by atoms with Gasteiger partial charge in [-0.05, 0) is 68.1 Å². The van der Waals surface area contributed by atoms with Crippen LogP contribution in [0, 0.1) is 19.8 Å². The van der Waals surface area contributed by atoms with Crippen LogP contribution in [-0.4, -0.2) is 20.9 Å². The maximum atomic E-state index is 12.2.